The number of nitrogens with zero attached hydrogens (tertiary/aromatic N) is 2. The van der Waals surface area contributed by atoms with Gasteiger partial charge in [0.2, 0.25) is 0 Å². The predicted molar refractivity (Wildman–Crippen MR) is 81.0 cm³/mol. The van der Waals surface area contributed by atoms with Gasteiger partial charge in [0.15, 0.2) is 0 Å². The third-order valence-corrected chi connectivity index (χ3v) is 3.69. The smallest absolute Gasteiger partial charge is 0.132 e. The summed E-state index contributed by atoms with van der Waals surface area (Å²) in [6.45, 7) is 7.03. The van der Waals surface area contributed by atoms with Crippen molar-refractivity contribution >= 4 is 23.2 Å². The second kappa shape index (κ2) is 5.56. The van der Waals surface area contributed by atoms with Crippen LogP contribution in [-0.2, 0) is 17.8 Å². The van der Waals surface area contributed by atoms with E-state index in [4.69, 9.17) is 23.2 Å². The average Bonchev–Trinajstić information content (AvgIpc) is 2.67. The molecule has 0 fully saturated rings. The minimum absolute atomic E-state index is 0.0597. The van der Waals surface area contributed by atoms with Gasteiger partial charge < -0.3 is 0 Å². The lowest BCUT2D eigenvalue weighted by atomic mass is 9.90. The Kier molecular flexibility index (Phi) is 4.22. The maximum absolute atomic E-state index is 6.40. The number of hydrogen-bond acceptors (Lipinski definition) is 1. The molecule has 1 aromatic heterocycles. The number of halogens is 2. The van der Waals surface area contributed by atoms with Gasteiger partial charge in [0.1, 0.15) is 5.15 Å². The second-order valence-electron chi connectivity index (χ2n) is 5.64. The molecule has 0 bridgehead atoms. The quantitative estimate of drug-likeness (QED) is 0.756. The Bertz CT molecular complexity index is 554. The highest BCUT2D eigenvalue weighted by molar-refractivity contribution is 6.31. The highest BCUT2D eigenvalue weighted by atomic mass is 35.5. The van der Waals surface area contributed by atoms with Crippen molar-refractivity contribution in [3.63, 3.8) is 0 Å². The van der Waals surface area contributed by atoms with E-state index in [1.807, 2.05) is 22.9 Å². The van der Waals surface area contributed by atoms with Gasteiger partial charge in [-0.15, -0.1) is 11.6 Å². The van der Waals surface area contributed by atoms with E-state index in [0.29, 0.717) is 17.6 Å². The molecule has 0 saturated heterocycles. The number of benzene rings is 1. The van der Waals surface area contributed by atoms with E-state index in [1.54, 1.807) is 0 Å². The van der Waals surface area contributed by atoms with Crippen LogP contribution in [0.1, 0.15) is 37.6 Å². The molecule has 0 spiro atoms. The topological polar surface area (TPSA) is 17.8 Å². The Morgan fingerprint density at radius 1 is 1.16 bits per heavy atom. The molecule has 0 aliphatic carbocycles. The van der Waals surface area contributed by atoms with E-state index >= 15 is 0 Å². The molecule has 0 N–H and O–H groups in total. The largest absolute Gasteiger partial charge is 0.249 e. The van der Waals surface area contributed by atoms with Gasteiger partial charge in [0.25, 0.3) is 0 Å². The van der Waals surface area contributed by atoms with Gasteiger partial charge in [-0.3, -0.25) is 0 Å². The van der Waals surface area contributed by atoms with Crippen molar-refractivity contribution in [2.24, 2.45) is 0 Å². The summed E-state index contributed by atoms with van der Waals surface area (Å²) in [6.07, 6.45) is 0. The van der Waals surface area contributed by atoms with Crippen molar-refractivity contribution in [1.29, 1.82) is 0 Å². The summed E-state index contributed by atoms with van der Waals surface area (Å²) in [5.74, 6) is 0.389. The van der Waals surface area contributed by atoms with Crippen molar-refractivity contribution in [2.75, 3.05) is 0 Å². The monoisotopic (exact) mass is 296 g/mol. The van der Waals surface area contributed by atoms with Crippen molar-refractivity contribution < 1.29 is 0 Å². The van der Waals surface area contributed by atoms with E-state index in [9.17, 15) is 0 Å². The van der Waals surface area contributed by atoms with Crippen LogP contribution >= 0.6 is 23.2 Å². The standard InChI is InChI=1S/C15H18Cl2N2/c1-15(2,3)13-12(9-16)14(17)19(18-13)10-11-7-5-4-6-8-11/h4-8H,9-10H2,1-3H3. The Morgan fingerprint density at radius 3 is 2.26 bits per heavy atom. The second-order valence-corrected chi connectivity index (χ2v) is 6.27. The Labute approximate surface area is 124 Å². The van der Waals surface area contributed by atoms with Crippen LogP contribution in [0.3, 0.4) is 0 Å². The molecule has 4 heteroatoms. The van der Waals surface area contributed by atoms with Gasteiger partial charge in [0, 0.05) is 11.0 Å². The van der Waals surface area contributed by atoms with Crippen LogP contribution in [0, 0.1) is 0 Å². The maximum Gasteiger partial charge on any atom is 0.132 e. The highest BCUT2D eigenvalue weighted by Crippen LogP contribution is 2.31. The molecule has 0 aliphatic heterocycles. The molecule has 0 aliphatic rings. The average molecular weight is 297 g/mol. The molecule has 1 heterocycles. The minimum atomic E-state index is -0.0597. The van der Waals surface area contributed by atoms with Crippen molar-refractivity contribution in [3.05, 3.63) is 52.3 Å². The first kappa shape index (κ1) is 14.4. The van der Waals surface area contributed by atoms with Crippen LogP contribution in [0.5, 0.6) is 0 Å². The molecular formula is C15H18Cl2N2. The predicted octanol–water partition coefficient (Wildman–Crippen LogP) is 4.62. The fourth-order valence-corrected chi connectivity index (χ4v) is 2.64. The molecular weight excluding hydrogens is 279 g/mol. The summed E-state index contributed by atoms with van der Waals surface area (Å²) in [6, 6.07) is 10.2. The molecule has 2 rings (SSSR count). The molecule has 0 unspecified atom stereocenters. The third kappa shape index (κ3) is 3.13. The number of aromatic nitrogens is 2. The minimum Gasteiger partial charge on any atom is -0.249 e. The highest BCUT2D eigenvalue weighted by Gasteiger charge is 2.25. The number of alkyl halides is 1. The van der Waals surface area contributed by atoms with Crippen LogP contribution in [0.4, 0.5) is 0 Å². The van der Waals surface area contributed by atoms with Gasteiger partial charge in [-0.05, 0) is 5.56 Å². The van der Waals surface area contributed by atoms with Crippen LogP contribution in [0.25, 0.3) is 0 Å². The van der Waals surface area contributed by atoms with E-state index in [0.717, 1.165) is 11.3 Å². The normalized spacial score (nSPS) is 11.8. The Hall–Kier alpha value is -0.990. The number of hydrogen-bond donors (Lipinski definition) is 0. The van der Waals surface area contributed by atoms with Crippen LogP contribution in [0.2, 0.25) is 5.15 Å². The summed E-state index contributed by atoms with van der Waals surface area (Å²) >= 11 is 12.4. The summed E-state index contributed by atoms with van der Waals surface area (Å²) in [5.41, 5.74) is 3.03. The SMILES string of the molecule is CC(C)(C)c1nn(Cc2ccccc2)c(Cl)c1CCl. The third-order valence-electron chi connectivity index (χ3n) is 3.00. The first-order valence-corrected chi connectivity index (χ1v) is 7.20. The van der Waals surface area contributed by atoms with E-state index in [-0.39, 0.29) is 5.41 Å². The van der Waals surface area contributed by atoms with Gasteiger partial charge in [-0.25, -0.2) is 4.68 Å². The van der Waals surface area contributed by atoms with Crippen molar-refractivity contribution in [3.8, 4) is 0 Å². The van der Waals surface area contributed by atoms with Crippen molar-refractivity contribution in [1.82, 2.24) is 9.78 Å². The zero-order chi connectivity index (χ0) is 14.0. The summed E-state index contributed by atoms with van der Waals surface area (Å²) < 4.78 is 1.83. The molecule has 102 valence electrons. The Balaban J connectivity index is 2.40. The van der Waals surface area contributed by atoms with Crippen molar-refractivity contribution in [2.45, 2.75) is 38.6 Å². The summed E-state index contributed by atoms with van der Waals surface area (Å²) in [7, 11) is 0. The molecule has 0 atom stereocenters. The first-order chi connectivity index (χ1) is 8.93. The number of rotatable bonds is 3. The summed E-state index contributed by atoms with van der Waals surface area (Å²) in [5, 5.41) is 5.29. The molecule has 2 nitrogen and oxygen atoms in total. The fourth-order valence-electron chi connectivity index (χ4n) is 2.06. The maximum atomic E-state index is 6.40. The molecule has 0 saturated carbocycles. The molecule has 0 amide bonds. The lowest BCUT2D eigenvalue weighted by molar-refractivity contribution is 0.542. The van der Waals surface area contributed by atoms with Crippen LogP contribution in [-0.4, -0.2) is 9.78 Å². The molecule has 1 aromatic carbocycles. The zero-order valence-electron chi connectivity index (χ0n) is 11.5. The van der Waals surface area contributed by atoms with E-state index < -0.39 is 0 Å². The van der Waals surface area contributed by atoms with Gasteiger partial charge >= 0.3 is 0 Å². The van der Waals surface area contributed by atoms with Gasteiger partial charge in [-0.2, -0.15) is 5.10 Å². The first-order valence-electron chi connectivity index (χ1n) is 6.29. The lowest BCUT2D eigenvalue weighted by Gasteiger charge is -2.16. The van der Waals surface area contributed by atoms with E-state index in [1.165, 1.54) is 5.56 Å². The van der Waals surface area contributed by atoms with Gasteiger partial charge in [-0.1, -0.05) is 62.7 Å². The molecule has 2 aromatic rings. The summed E-state index contributed by atoms with van der Waals surface area (Å²) in [4.78, 5) is 0. The fraction of sp³-hybridized carbons (Fsp3) is 0.400. The zero-order valence-corrected chi connectivity index (χ0v) is 13.0. The van der Waals surface area contributed by atoms with Gasteiger partial charge in [0.05, 0.1) is 18.1 Å². The van der Waals surface area contributed by atoms with Crippen LogP contribution in [0.15, 0.2) is 30.3 Å². The lowest BCUT2D eigenvalue weighted by Crippen LogP contribution is -2.14. The van der Waals surface area contributed by atoms with Crippen LogP contribution < -0.4 is 0 Å². The Morgan fingerprint density at radius 2 is 1.79 bits per heavy atom. The molecule has 0 radical (unpaired) electrons. The molecule has 19 heavy (non-hydrogen) atoms. The van der Waals surface area contributed by atoms with E-state index in [2.05, 4.69) is 38.0 Å².